The van der Waals surface area contributed by atoms with Gasteiger partial charge in [-0.2, -0.15) is 5.10 Å². The van der Waals surface area contributed by atoms with E-state index in [4.69, 9.17) is 27.2 Å². The minimum Gasteiger partial charge on any atom is -0.391 e. The van der Waals surface area contributed by atoms with Crippen LogP contribution in [0, 0.1) is 0 Å². The van der Waals surface area contributed by atoms with Crippen LogP contribution in [0.3, 0.4) is 0 Å². The molecule has 8 heteroatoms. The fourth-order valence-corrected chi connectivity index (χ4v) is 2.90. The predicted molar refractivity (Wildman–Crippen MR) is 87.1 cm³/mol. The summed E-state index contributed by atoms with van der Waals surface area (Å²) in [5.74, 6) is 0.236. The lowest BCUT2D eigenvalue weighted by atomic mass is 10.0. The van der Waals surface area contributed by atoms with Gasteiger partial charge in [-0.25, -0.2) is 9.97 Å². The topological polar surface area (TPSA) is 99.1 Å². The van der Waals surface area contributed by atoms with Gasteiger partial charge in [0.15, 0.2) is 0 Å². The van der Waals surface area contributed by atoms with Crippen molar-refractivity contribution in [1.29, 1.82) is 0 Å². The molecule has 1 fully saturated rings. The van der Waals surface area contributed by atoms with Gasteiger partial charge in [0.2, 0.25) is 5.95 Å². The van der Waals surface area contributed by atoms with Crippen LogP contribution in [0.1, 0.15) is 25.0 Å². The van der Waals surface area contributed by atoms with Crippen molar-refractivity contribution in [3.05, 3.63) is 23.1 Å². The van der Waals surface area contributed by atoms with Gasteiger partial charge in [-0.1, -0.05) is 11.6 Å². The molecule has 2 aromatic heterocycles. The van der Waals surface area contributed by atoms with Crippen molar-refractivity contribution < 1.29 is 9.84 Å². The van der Waals surface area contributed by atoms with Gasteiger partial charge in [-0.3, -0.25) is 4.68 Å². The Hall–Kier alpha value is -1.70. The third-order valence-electron chi connectivity index (χ3n) is 3.91. The number of hydrogen-bond donors (Lipinski definition) is 2. The lowest BCUT2D eigenvalue weighted by molar-refractivity contribution is 0.127. The fourth-order valence-electron chi connectivity index (χ4n) is 2.71. The molecule has 0 spiro atoms. The minimum absolute atomic E-state index is 0.176. The van der Waals surface area contributed by atoms with Gasteiger partial charge in [0.25, 0.3) is 0 Å². The highest BCUT2D eigenvalue weighted by molar-refractivity contribution is 6.32. The predicted octanol–water partition coefficient (Wildman–Crippen LogP) is 1.68. The van der Waals surface area contributed by atoms with E-state index in [0.717, 1.165) is 31.6 Å². The Morgan fingerprint density at radius 3 is 2.91 bits per heavy atom. The molecule has 4 rings (SSSR count). The molecule has 23 heavy (non-hydrogen) atoms. The molecule has 3 N–H and O–H groups in total. The number of aliphatic hydroxyl groups excluding tert-OH is 1. The summed E-state index contributed by atoms with van der Waals surface area (Å²) in [4.78, 5) is 8.07. The summed E-state index contributed by atoms with van der Waals surface area (Å²) in [6.45, 7) is 2.24. The zero-order chi connectivity index (χ0) is 16.2. The normalized spacial score (nSPS) is 19.8. The highest BCUT2D eigenvalue weighted by Crippen LogP contribution is 2.31. The Bertz CT molecular complexity index is 670. The lowest BCUT2D eigenvalue weighted by Gasteiger charge is -2.14. The van der Waals surface area contributed by atoms with E-state index in [0.29, 0.717) is 17.3 Å². The van der Waals surface area contributed by atoms with Gasteiger partial charge in [0, 0.05) is 24.4 Å². The maximum absolute atomic E-state index is 8.60. The minimum atomic E-state index is -0.176. The molecule has 124 valence electrons. The smallest absolute Gasteiger partial charge is 0.220 e. The fraction of sp³-hybridized carbons (Fsp3) is 0.533. The molecule has 2 aliphatic rings. The molecule has 1 atom stereocenters. The molecule has 0 aliphatic carbocycles. The van der Waals surface area contributed by atoms with Crippen LogP contribution in [-0.4, -0.2) is 44.2 Å². The van der Waals surface area contributed by atoms with Crippen LogP contribution in [0.5, 0.6) is 0 Å². The van der Waals surface area contributed by atoms with Crippen molar-refractivity contribution in [2.75, 3.05) is 18.9 Å². The van der Waals surface area contributed by atoms with Crippen molar-refractivity contribution in [3.63, 3.8) is 0 Å². The van der Waals surface area contributed by atoms with Crippen molar-refractivity contribution in [3.8, 4) is 11.3 Å². The molecular formula is C15H20ClN5O2. The average molecular weight is 338 g/mol. The van der Waals surface area contributed by atoms with E-state index in [1.807, 2.05) is 10.9 Å². The standard InChI is InChI=1S/C11H12ClN5.C4H8O2/c12-8-6-14-11(13)16-10(8)7-5-15-17-4-2-1-3-9(7)17;5-4-1-2-6-3-4/h5-6H,1-4H2,(H2,13,14,16);4-5H,1-3H2. The van der Waals surface area contributed by atoms with Crippen LogP contribution in [0.4, 0.5) is 5.95 Å². The average Bonchev–Trinajstić information content (AvgIpc) is 3.19. The summed E-state index contributed by atoms with van der Waals surface area (Å²) < 4.78 is 6.83. The van der Waals surface area contributed by atoms with Gasteiger partial charge < -0.3 is 15.6 Å². The highest BCUT2D eigenvalue weighted by Gasteiger charge is 2.19. The van der Waals surface area contributed by atoms with Crippen LogP contribution >= 0.6 is 11.6 Å². The van der Waals surface area contributed by atoms with Crippen molar-refractivity contribution in [1.82, 2.24) is 19.7 Å². The monoisotopic (exact) mass is 337 g/mol. The largest absolute Gasteiger partial charge is 0.391 e. The highest BCUT2D eigenvalue weighted by atomic mass is 35.5. The molecular weight excluding hydrogens is 318 g/mol. The first kappa shape index (κ1) is 16.2. The van der Waals surface area contributed by atoms with Crippen LogP contribution in [0.2, 0.25) is 5.02 Å². The third kappa shape index (κ3) is 3.80. The van der Waals surface area contributed by atoms with E-state index >= 15 is 0 Å². The Kier molecular flexibility index (Phi) is 5.09. The van der Waals surface area contributed by atoms with E-state index in [1.165, 1.54) is 24.7 Å². The second kappa shape index (κ2) is 7.25. The van der Waals surface area contributed by atoms with E-state index in [1.54, 1.807) is 0 Å². The van der Waals surface area contributed by atoms with Crippen LogP contribution in [0.15, 0.2) is 12.4 Å². The molecule has 0 radical (unpaired) electrons. The first-order valence-electron chi connectivity index (χ1n) is 7.74. The maximum atomic E-state index is 8.60. The first-order valence-corrected chi connectivity index (χ1v) is 8.12. The van der Waals surface area contributed by atoms with E-state index < -0.39 is 0 Å². The molecule has 4 heterocycles. The number of rotatable bonds is 1. The Morgan fingerprint density at radius 1 is 1.35 bits per heavy atom. The number of nitrogen functional groups attached to an aromatic ring is 1. The Morgan fingerprint density at radius 2 is 2.22 bits per heavy atom. The second-order valence-electron chi connectivity index (χ2n) is 5.63. The molecule has 1 unspecified atom stereocenters. The quantitative estimate of drug-likeness (QED) is 0.821. The van der Waals surface area contributed by atoms with Crippen LogP contribution < -0.4 is 5.73 Å². The van der Waals surface area contributed by atoms with Crippen LogP contribution in [0.25, 0.3) is 11.3 Å². The number of anilines is 1. The van der Waals surface area contributed by atoms with E-state index in [9.17, 15) is 0 Å². The number of nitrogens with two attached hydrogens (primary N) is 1. The first-order chi connectivity index (χ1) is 11.1. The number of aliphatic hydroxyl groups is 1. The summed E-state index contributed by atoms with van der Waals surface area (Å²) in [5.41, 5.74) is 8.45. The summed E-state index contributed by atoms with van der Waals surface area (Å²) in [7, 11) is 0. The number of nitrogens with zero attached hydrogens (tertiary/aromatic N) is 4. The Labute approximate surface area is 139 Å². The number of aromatic nitrogens is 4. The van der Waals surface area contributed by atoms with E-state index in [-0.39, 0.29) is 12.1 Å². The van der Waals surface area contributed by atoms with Gasteiger partial charge in [0.1, 0.15) is 0 Å². The molecule has 0 aromatic carbocycles. The van der Waals surface area contributed by atoms with Gasteiger partial charge in [0.05, 0.1) is 35.8 Å². The van der Waals surface area contributed by atoms with Gasteiger partial charge >= 0.3 is 0 Å². The number of aryl methyl sites for hydroxylation is 1. The molecule has 2 aliphatic heterocycles. The summed E-state index contributed by atoms with van der Waals surface area (Å²) in [6, 6.07) is 0. The molecule has 0 bridgehead atoms. The summed E-state index contributed by atoms with van der Waals surface area (Å²) >= 11 is 6.11. The Balaban J connectivity index is 0.000000220. The van der Waals surface area contributed by atoms with Crippen molar-refractivity contribution >= 4 is 17.5 Å². The molecule has 0 amide bonds. The molecule has 1 saturated heterocycles. The molecule has 0 saturated carbocycles. The summed E-state index contributed by atoms with van der Waals surface area (Å²) in [5, 5.41) is 13.5. The zero-order valence-electron chi connectivity index (χ0n) is 12.8. The van der Waals surface area contributed by atoms with Crippen molar-refractivity contribution in [2.24, 2.45) is 0 Å². The zero-order valence-corrected chi connectivity index (χ0v) is 13.5. The molecule has 2 aromatic rings. The number of ether oxygens (including phenoxy) is 1. The van der Waals surface area contributed by atoms with Gasteiger partial charge in [-0.05, 0) is 25.7 Å². The number of hydrogen-bond acceptors (Lipinski definition) is 6. The van der Waals surface area contributed by atoms with Crippen molar-refractivity contribution in [2.45, 2.75) is 38.3 Å². The number of halogens is 1. The number of fused-ring (bicyclic) bond motifs is 1. The van der Waals surface area contributed by atoms with E-state index in [2.05, 4.69) is 15.1 Å². The van der Waals surface area contributed by atoms with Crippen LogP contribution in [-0.2, 0) is 17.7 Å². The molecule has 7 nitrogen and oxygen atoms in total. The summed E-state index contributed by atoms with van der Waals surface area (Å²) in [6.07, 6.45) is 7.35. The maximum Gasteiger partial charge on any atom is 0.220 e. The van der Waals surface area contributed by atoms with Gasteiger partial charge in [-0.15, -0.1) is 0 Å². The second-order valence-corrected chi connectivity index (χ2v) is 6.03. The SMILES string of the molecule is Nc1ncc(Cl)c(-c2cnn3c2CCCC3)n1.OC1CCOC1. The lowest BCUT2D eigenvalue weighted by Crippen LogP contribution is -2.11. The third-order valence-corrected chi connectivity index (χ3v) is 4.18.